The summed E-state index contributed by atoms with van der Waals surface area (Å²) in [7, 11) is 0. The molecule has 0 heterocycles. The van der Waals surface area contributed by atoms with Gasteiger partial charge in [-0.3, -0.25) is 0 Å². The largest absolute Gasteiger partial charge is 0.0683 e. The lowest BCUT2D eigenvalue weighted by Crippen LogP contribution is -1.91. The van der Waals surface area contributed by atoms with E-state index in [0.29, 0.717) is 0 Å². The Bertz CT molecular complexity index is 6750. The summed E-state index contributed by atoms with van der Waals surface area (Å²) in [6.45, 7) is 20.0. The fraction of sp³-hybridized carbons (Fsp3) is 0.164. The quantitative estimate of drug-likeness (QED) is 0.142. The van der Waals surface area contributed by atoms with E-state index in [4.69, 9.17) is 0 Å². The molecule has 0 amide bonds. The zero-order chi connectivity index (χ0) is 83.2. The molecule has 18 aromatic rings. The molecular weight excluding hydrogens is 1470 g/mol. The Morgan fingerprint density at radius 1 is 0.115 bits per heavy atom. The molecule has 0 atom stereocenters. The lowest BCUT2D eigenvalue weighted by molar-refractivity contribution is 1.16. The van der Waals surface area contributed by atoms with Crippen molar-refractivity contribution in [2.24, 2.45) is 0 Å². The highest BCUT2D eigenvalue weighted by Crippen LogP contribution is 2.53. The molecule has 0 radical (unpaired) electrons. The Morgan fingerprint density at radius 3 is 0.615 bits per heavy atom. The average Bonchev–Trinajstić information content (AvgIpc) is 1.59. The second kappa shape index (κ2) is 33.7. The van der Waals surface area contributed by atoms with Crippen LogP contribution in [0.5, 0.6) is 0 Å². The van der Waals surface area contributed by atoms with Crippen LogP contribution in [0.3, 0.4) is 0 Å². The Labute approximate surface area is 723 Å². The van der Waals surface area contributed by atoms with E-state index < -0.39 is 0 Å². The first kappa shape index (κ1) is 78.6. The first-order valence-electron chi connectivity index (χ1n) is 45.4. The van der Waals surface area contributed by atoms with Gasteiger partial charge in [-0.15, -0.1) is 0 Å². The fourth-order valence-corrected chi connectivity index (χ4v) is 21.5. The normalized spacial score (nSPS) is 12.7. The van der Waals surface area contributed by atoms with Crippen LogP contribution < -0.4 is 0 Å². The van der Waals surface area contributed by atoms with Gasteiger partial charge in [-0.05, 0) is 343 Å². The number of benzene rings is 18. The molecule has 0 spiro atoms. The van der Waals surface area contributed by atoms with E-state index in [-0.39, 0.29) is 0 Å². The number of hydrogen-bond donors (Lipinski definition) is 0. The van der Waals surface area contributed by atoms with Crippen LogP contribution in [0.4, 0.5) is 0 Å². The number of rotatable bonds is 0. The fourth-order valence-electron chi connectivity index (χ4n) is 21.5. The molecule has 0 N–H and O–H groups in total. The lowest BCUT2D eigenvalue weighted by atomic mass is 9.96. The highest BCUT2D eigenvalue weighted by Gasteiger charge is 2.34. The van der Waals surface area contributed by atoms with E-state index in [2.05, 4.69) is 340 Å². The van der Waals surface area contributed by atoms with Gasteiger partial charge < -0.3 is 0 Å². The van der Waals surface area contributed by atoms with Crippen molar-refractivity contribution in [3.63, 3.8) is 0 Å². The highest BCUT2D eigenvalue weighted by atomic mass is 14.4. The third-order valence-electron chi connectivity index (χ3n) is 26.7. The van der Waals surface area contributed by atoms with Crippen LogP contribution in [-0.4, -0.2) is 0 Å². The van der Waals surface area contributed by atoms with Crippen LogP contribution in [0.15, 0.2) is 340 Å². The molecule has 0 aromatic heterocycles. The predicted molar refractivity (Wildman–Crippen MR) is 524 cm³/mol. The molecule has 10 aliphatic carbocycles. The van der Waals surface area contributed by atoms with Crippen molar-refractivity contribution in [1.82, 2.24) is 0 Å². The maximum absolute atomic E-state index is 2.43. The maximum Gasteiger partial charge on any atom is -0.000421 e. The van der Waals surface area contributed by atoms with Crippen LogP contribution in [0.2, 0.25) is 0 Å². The third kappa shape index (κ3) is 13.5. The molecule has 18 aromatic carbocycles. The van der Waals surface area contributed by atoms with Crippen LogP contribution in [0.25, 0.3) is 144 Å². The van der Waals surface area contributed by atoms with Crippen molar-refractivity contribution < 1.29 is 0 Å². The first-order chi connectivity index (χ1) is 60.5. The monoisotopic (exact) mass is 1570 g/mol. The van der Waals surface area contributed by atoms with Gasteiger partial charge in [0.05, 0.1) is 0 Å². The van der Waals surface area contributed by atoms with Gasteiger partial charge in [0.25, 0.3) is 0 Å². The minimum absolute atomic E-state index is 1.07. The zero-order valence-corrected chi connectivity index (χ0v) is 72.4. The van der Waals surface area contributed by atoms with Gasteiger partial charge >= 0.3 is 0 Å². The standard InChI is InChI=1S/3C24H16.2C20H14.5C2H6/c1-3-7-17-15(5-1)9-10-20-21-12-11-19-18-8-4-2-6-16(18)13-22(19)24(21)14-23(17)20;2*1-2-6-16-12-22-18(11-15(16)5-1)14-24-21(22)10-9-20-19-8-4-3-7-17(19)13-23(20)24;1-3-7-17-13(5-1)9-15-11-20-16(12-19(15)17)10-14-6-2-4-8-18(14)20;1-3-7-15-13(5-1)11-19-17(15)9-10-18-16-8-4-2-6-14(16)12-20(18)19;5*1-2/h3*1-12H,13-14H2;1-8,11-12H,9-10H2;1-10H,11-12H2;5*1-2H3. The minimum Gasteiger partial charge on any atom is -0.0683 e. The van der Waals surface area contributed by atoms with Crippen molar-refractivity contribution in [3.05, 3.63) is 451 Å². The van der Waals surface area contributed by atoms with E-state index in [1.807, 2.05) is 69.2 Å². The van der Waals surface area contributed by atoms with Crippen LogP contribution in [0.1, 0.15) is 181 Å². The molecule has 0 nitrogen and oxygen atoms in total. The second-order valence-electron chi connectivity index (χ2n) is 32.5. The Hall–Kier alpha value is -13.3. The van der Waals surface area contributed by atoms with E-state index in [1.165, 1.54) is 210 Å². The van der Waals surface area contributed by atoms with Crippen molar-refractivity contribution in [3.8, 4) is 111 Å². The summed E-state index contributed by atoms with van der Waals surface area (Å²) < 4.78 is 0. The second-order valence-corrected chi connectivity index (χ2v) is 32.5. The maximum atomic E-state index is 2.43. The van der Waals surface area contributed by atoms with Crippen molar-refractivity contribution in [2.45, 2.75) is 133 Å². The summed E-state index contributed by atoms with van der Waals surface area (Å²) in [6.07, 6.45) is 10.8. The molecule has 122 heavy (non-hydrogen) atoms. The molecule has 0 fully saturated rings. The summed E-state index contributed by atoms with van der Waals surface area (Å²) in [4.78, 5) is 0. The Kier molecular flexibility index (Phi) is 21.7. The first-order valence-corrected chi connectivity index (χ1v) is 45.4. The van der Waals surface area contributed by atoms with Crippen LogP contribution in [0, 0.1) is 0 Å². The summed E-state index contributed by atoms with van der Waals surface area (Å²) in [6, 6.07) is 126. The number of hydrogen-bond acceptors (Lipinski definition) is 0. The Morgan fingerprint density at radius 2 is 0.303 bits per heavy atom. The molecule has 0 saturated carbocycles. The van der Waals surface area contributed by atoms with E-state index in [9.17, 15) is 0 Å². The molecule has 0 saturated heterocycles. The van der Waals surface area contributed by atoms with Gasteiger partial charge in [0.2, 0.25) is 0 Å². The van der Waals surface area contributed by atoms with Crippen molar-refractivity contribution in [2.75, 3.05) is 0 Å². The van der Waals surface area contributed by atoms with Gasteiger partial charge in [-0.25, -0.2) is 0 Å². The molecule has 594 valence electrons. The summed E-state index contributed by atoms with van der Waals surface area (Å²) in [5.74, 6) is 0. The molecule has 0 bridgehead atoms. The average molecular weight is 1570 g/mol. The van der Waals surface area contributed by atoms with Crippen LogP contribution in [-0.2, 0) is 64.2 Å². The molecule has 10 aliphatic rings. The van der Waals surface area contributed by atoms with Crippen molar-refractivity contribution >= 4 is 32.3 Å². The molecule has 0 unspecified atom stereocenters. The van der Waals surface area contributed by atoms with Crippen molar-refractivity contribution in [1.29, 1.82) is 0 Å². The van der Waals surface area contributed by atoms with Gasteiger partial charge in [-0.2, -0.15) is 0 Å². The lowest BCUT2D eigenvalue weighted by Gasteiger charge is -2.08. The predicted octanol–water partition coefficient (Wildman–Crippen LogP) is 32.7. The van der Waals surface area contributed by atoms with Gasteiger partial charge in [0, 0.05) is 0 Å². The summed E-state index contributed by atoms with van der Waals surface area (Å²) in [5, 5.41) is 8.15. The number of fused-ring (bicyclic) bond motifs is 38. The van der Waals surface area contributed by atoms with E-state index in [1.54, 1.807) is 44.5 Å². The molecule has 0 heteroatoms. The molecule has 0 aliphatic heterocycles. The third-order valence-corrected chi connectivity index (χ3v) is 26.7. The molecular formula is C122H106. The van der Waals surface area contributed by atoms with E-state index >= 15 is 0 Å². The van der Waals surface area contributed by atoms with Gasteiger partial charge in [0.1, 0.15) is 0 Å². The SMILES string of the molecule is CC.CC.CC.CC.CC.c1ccc2c(c1)Cc1c-2ccc2c1Cc1c-2ccc2ccccc12.c1ccc2c(c1)Cc1c-2ccc2c1Cc1cc3ccccc3cc1-2.c1ccc2c(c1)Cc1c-2ccc2c1Cc1cc3ccccc3cc1-2.c1ccc2c(c1)Cc1c-2ccc2c1Cc1ccccc1-2.c1ccc2c(c1)Cc1cc3c(cc1-2)Cc1ccccc1-3. The summed E-state index contributed by atoms with van der Waals surface area (Å²) >= 11 is 0. The van der Waals surface area contributed by atoms with E-state index in [0.717, 1.165) is 64.2 Å². The van der Waals surface area contributed by atoms with Gasteiger partial charge in [0.15, 0.2) is 0 Å². The summed E-state index contributed by atoms with van der Waals surface area (Å²) in [5.41, 5.74) is 59.0. The van der Waals surface area contributed by atoms with Gasteiger partial charge in [-0.1, -0.05) is 385 Å². The van der Waals surface area contributed by atoms with Crippen LogP contribution >= 0.6 is 0 Å². The Balaban J connectivity index is 0.0000000980. The highest BCUT2D eigenvalue weighted by molar-refractivity contribution is 6.00. The smallest absolute Gasteiger partial charge is 0.000421 e. The molecule has 28 rings (SSSR count). The minimum atomic E-state index is 1.07. The zero-order valence-electron chi connectivity index (χ0n) is 72.4. The topological polar surface area (TPSA) is 0 Å².